The van der Waals surface area contributed by atoms with Crippen molar-refractivity contribution in [3.05, 3.63) is 5.57 Å². The lowest BCUT2D eigenvalue weighted by Crippen LogP contribution is -2.35. The molecule has 0 spiro atoms. The number of rotatable bonds is 0. The first kappa shape index (κ1) is 11.7. The second-order valence-electron chi connectivity index (χ2n) is 4.46. The zero-order valence-corrected chi connectivity index (χ0v) is 9.04. The molecule has 1 atom stereocenters. The summed E-state index contributed by atoms with van der Waals surface area (Å²) in [5.41, 5.74) is -0.642. The lowest BCUT2D eigenvalue weighted by atomic mass is 10.2. The molecule has 0 radical (unpaired) electrons. The molecule has 0 saturated carbocycles. The van der Waals surface area contributed by atoms with Crippen molar-refractivity contribution >= 4 is 12.0 Å². The second kappa shape index (κ2) is 4.03. The van der Waals surface area contributed by atoms with E-state index in [0.29, 0.717) is 0 Å². The Kier molecular flexibility index (Phi) is 3.15. The van der Waals surface area contributed by atoms with Crippen LogP contribution in [0.1, 0.15) is 20.8 Å². The van der Waals surface area contributed by atoms with Gasteiger partial charge in [0.1, 0.15) is 11.5 Å². The summed E-state index contributed by atoms with van der Waals surface area (Å²) in [4.78, 5) is 22.9. The van der Waals surface area contributed by atoms with Gasteiger partial charge in [-0.2, -0.15) is 0 Å². The van der Waals surface area contributed by atoms with E-state index in [1.54, 1.807) is 20.8 Å². The molecule has 1 amide bonds. The van der Waals surface area contributed by atoms with Gasteiger partial charge in [-0.15, -0.1) is 0 Å². The first-order chi connectivity index (χ1) is 6.83. The highest BCUT2D eigenvalue weighted by Gasteiger charge is 2.33. The van der Waals surface area contributed by atoms with Crippen LogP contribution in [-0.4, -0.2) is 41.8 Å². The molecule has 0 unspecified atom stereocenters. The fraction of sp³-hybridized carbons (Fsp3) is 0.700. The van der Waals surface area contributed by atoms with Gasteiger partial charge in [0.2, 0.25) is 0 Å². The molecule has 15 heavy (non-hydrogen) atoms. The maximum absolute atomic E-state index is 13.1. The minimum atomic E-state index is -1.41. The first-order valence-corrected chi connectivity index (χ1v) is 4.69. The summed E-state index contributed by atoms with van der Waals surface area (Å²) in [5, 5.41) is 0. The zero-order valence-electron chi connectivity index (χ0n) is 9.04. The van der Waals surface area contributed by atoms with Crippen molar-refractivity contribution < 1.29 is 18.7 Å². The number of carbonyl (C=O) groups is 1. The van der Waals surface area contributed by atoms with Crippen molar-refractivity contribution in [1.82, 2.24) is 4.90 Å². The minimum Gasteiger partial charge on any atom is -0.444 e. The number of likely N-dealkylation sites (tertiary alicyclic amines) is 1. The predicted molar refractivity (Wildman–Crippen MR) is 51.9 cm³/mol. The molecule has 1 aliphatic heterocycles. The van der Waals surface area contributed by atoms with Crippen LogP contribution >= 0.6 is 0 Å². The van der Waals surface area contributed by atoms with Crippen molar-refractivity contribution in [1.29, 1.82) is 0 Å². The van der Waals surface area contributed by atoms with Crippen LogP contribution in [0.15, 0.2) is 5.57 Å². The van der Waals surface area contributed by atoms with Crippen molar-refractivity contribution in [3.8, 4) is 0 Å². The van der Waals surface area contributed by atoms with Gasteiger partial charge < -0.3 is 9.64 Å². The maximum Gasteiger partial charge on any atom is 0.410 e. The van der Waals surface area contributed by atoms with Crippen molar-refractivity contribution in [2.45, 2.75) is 32.5 Å². The molecule has 0 aromatic carbocycles. The average molecular weight is 215 g/mol. The standard InChI is InChI=1S/C10H14FNO3/c1-10(2,3)15-9(14)12-4-7(6-13)8(11)5-12/h8H,4-5H2,1-3H3/t8-/m0/s1. The number of ether oxygens (including phenoxy) is 1. The molecule has 0 aliphatic carbocycles. The van der Waals surface area contributed by atoms with Gasteiger partial charge in [0.25, 0.3) is 0 Å². The fourth-order valence-electron chi connectivity index (χ4n) is 1.23. The van der Waals surface area contributed by atoms with E-state index in [9.17, 15) is 14.0 Å². The van der Waals surface area contributed by atoms with Gasteiger partial charge in [0, 0.05) is 0 Å². The normalized spacial score (nSPS) is 21.5. The molecule has 0 aromatic heterocycles. The number of alkyl halides is 1. The van der Waals surface area contributed by atoms with Crippen LogP contribution in [0.3, 0.4) is 0 Å². The zero-order chi connectivity index (χ0) is 11.6. The summed E-state index contributed by atoms with van der Waals surface area (Å²) < 4.78 is 18.1. The summed E-state index contributed by atoms with van der Waals surface area (Å²) in [7, 11) is 0. The maximum atomic E-state index is 13.1. The molecule has 84 valence electrons. The third kappa shape index (κ3) is 3.06. The third-order valence-corrected chi connectivity index (χ3v) is 1.90. The molecule has 1 aliphatic rings. The Morgan fingerprint density at radius 3 is 2.60 bits per heavy atom. The number of carbonyl (C=O) groups excluding carboxylic acids is 2. The summed E-state index contributed by atoms with van der Waals surface area (Å²) >= 11 is 0. The topological polar surface area (TPSA) is 46.6 Å². The Hall–Kier alpha value is -1.35. The summed E-state index contributed by atoms with van der Waals surface area (Å²) in [5.74, 6) is 1.50. The molecule has 0 aromatic rings. The van der Waals surface area contributed by atoms with E-state index in [4.69, 9.17) is 4.74 Å². The van der Waals surface area contributed by atoms with E-state index in [0.717, 1.165) is 4.90 Å². The highest BCUT2D eigenvalue weighted by Crippen LogP contribution is 2.19. The van der Waals surface area contributed by atoms with Crippen molar-refractivity contribution in [2.24, 2.45) is 0 Å². The van der Waals surface area contributed by atoms with Crippen molar-refractivity contribution in [3.63, 3.8) is 0 Å². The summed E-state index contributed by atoms with van der Waals surface area (Å²) in [6.45, 7) is 5.03. The van der Waals surface area contributed by atoms with Crippen LogP contribution < -0.4 is 0 Å². The third-order valence-electron chi connectivity index (χ3n) is 1.90. The molecular formula is C10H14FNO3. The fourth-order valence-corrected chi connectivity index (χ4v) is 1.23. The molecule has 1 heterocycles. The predicted octanol–water partition coefficient (Wildman–Crippen LogP) is 1.33. The van der Waals surface area contributed by atoms with Gasteiger partial charge in [-0.1, -0.05) is 0 Å². The van der Waals surface area contributed by atoms with E-state index in [-0.39, 0.29) is 18.7 Å². The van der Waals surface area contributed by atoms with E-state index >= 15 is 0 Å². The molecule has 1 rings (SSSR count). The second-order valence-corrected chi connectivity index (χ2v) is 4.46. The van der Waals surface area contributed by atoms with Crippen LogP contribution in [0.5, 0.6) is 0 Å². The van der Waals surface area contributed by atoms with E-state index in [1.165, 1.54) is 5.94 Å². The molecule has 0 N–H and O–H groups in total. The number of amides is 1. The highest BCUT2D eigenvalue weighted by molar-refractivity contribution is 5.71. The number of nitrogens with zero attached hydrogens (tertiary/aromatic N) is 1. The monoisotopic (exact) mass is 215 g/mol. The van der Waals surface area contributed by atoms with Crippen LogP contribution in [0.4, 0.5) is 9.18 Å². The van der Waals surface area contributed by atoms with Crippen LogP contribution in [-0.2, 0) is 9.53 Å². The van der Waals surface area contributed by atoms with Gasteiger partial charge in [-0.3, -0.25) is 0 Å². The van der Waals surface area contributed by atoms with Crippen LogP contribution in [0.25, 0.3) is 0 Å². The number of halogens is 1. The SMILES string of the molecule is CC(C)(C)OC(=O)N1CC(=C=O)[C@@H](F)C1. The van der Waals surface area contributed by atoms with Gasteiger partial charge >= 0.3 is 6.09 Å². The molecule has 4 nitrogen and oxygen atoms in total. The Morgan fingerprint density at radius 2 is 2.20 bits per heavy atom. The smallest absolute Gasteiger partial charge is 0.410 e. The minimum absolute atomic E-state index is 0.0270. The lowest BCUT2D eigenvalue weighted by molar-refractivity contribution is 0.0286. The Labute approximate surface area is 87.7 Å². The quantitative estimate of drug-likeness (QED) is 0.573. The van der Waals surface area contributed by atoms with Crippen molar-refractivity contribution in [2.75, 3.05) is 13.1 Å². The molecule has 0 bridgehead atoms. The van der Waals surface area contributed by atoms with E-state index in [2.05, 4.69) is 0 Å². The Balaban J connectivity index is 2.61. The molecule has 1 fully saturated rings. The average Bonchev–Trinajstić information content (AvgIpc) is 2.43. The van der Waals surface area contributed by atoms with Gasteiger partial charge in [0.15, 0.2) is 6.17 Å². The lowest BCUT2D eigenvalue weighted by Gasteiger charge is -2.23. The summed E-state index contributed by atoms with van der Waals surface area (Å²) in [6, 6.07) is 0. The van der Waals surface area contributed by atoms with Gasteiger partial charge in [-0.25, -0.2) is 14.0 Å². The van der Waals surface area contributed by atoms with Gasteiger partial charge in [0.05, 0.1) is 18.7 Å². The van der Waals surface area contributed by atoms with E-state index in [1.807, 2.05) is 0 Å². The van der Waals surface area contributed by atoms with Gasteiger partial charge in [-0.05, 0) is 20.8 Å². The Morgan fingerprint density at radius 1 is 1.60 bits per heavy atom. The molecule has 1 saturated heterocycles. The van der Waals surface area contributed by atoms with E-state index < -0.39 is 17.9 Å². The number of hydrogen-bond acceptors (Lipinski definition) is 3. The Bertz CT molecular complexity index is 315. The van der Waals surface area contributed by atoms with Crippen LogP contribution in [0, 0.1) is 0 Å². The molecular weight excluding hydrogens is 201 g/mol. The molecule has 5 heteroatoms. The first-order valence-electron chi connectivity index (χ1n) is 4.69. The summed E-state index contributed by atoms with van der Waals surface area (Å²) in [6.07, 6.45) is -2.01. The number of hydrogen-bond donors (Lipinski definition) is 0. The largest absolute Gasteiger partial charge is 0.444 e. The van der Waals surface area contributed by atoms with Crippen LogP contribution in [0.2, 0.25) is 0 Å². The highest BCUT2D eigenvalue weighted by atomic mass is 19.1.